The number of halogens is 1. The Balaban J connectivity index is 1.79. The molecule has 0 unspecified atom stereocenters. The minimum absolute atomic E-state index is 0.336. The Morgan fingerprint density at radius 1 is 0.857 bits per heavy atom. The van der Waals surface area contributed by atoms with Crippen molar-refractivity contribution in [2.75, 3.05) is 10.6 Å². The van der Waals surface area contributed by atoms with Crippen LogP contribution in [-0.2, 0) is 0 Å². The highest BCUT2D eigenvalue weighted by atomic mass is 19.1. The Bertz CT molecular complexity index is 733. The standard InChI is InChI=1S/C15H12FN5/c16-12-8-4-5-9-13(12)19-14-10-17-21-15(20-14)18-11-6-2-1-3-7-11/h1-10H,(H2,18,19,20,21). The molecule has 0 aliphatic carbocycles. The molecule has 0 radical (unpaired) electrons. The highest BCUT2D eigenvalue weighted by molar-refractivity contribution is 5.58. The van der Waals surface area contributed by atoms with Gasteiger partial charge in [0.15, 0.2) is 5.82 Å². The zero-order valence-corrected chi connectivity index (χ0v) is 11.0. The van der Waals surface area contributed by atoms with Crippen LogP contribution in [0.25, 0.3) is 0 Å². The molecule has 0 aliphatic rings. The third kappa shape index (κ3) is 3.30. The van der Waals surface area contributed by atoms with Crippen LogP contribution in [0.4, 0.5) is 27.5 Å². The molecule has 0 saturated carbocycles. The quantitative estimate of drug-likeness (QED) is 0.766. The molecule has 3 rings (SSSR count). The number of rotatable bonds is 4. The molecular formula is C15H12FN5. The van der Waals surface area contributed by atoms with Gasteiger partial charge in [-0.2, -0.15) is 10.1 Å². The third-order valence-electron chi connectivity index (χ3n) is 2.73. The van der Waals surface area contributed by atoms with Gasteiger partial charge in [0.05, 0.1) is 11.9 Å². The van der Waals surface area contributed by atoms with Crippen molar-refractivity contribution >= 4 is 23.1 Å². The number of anilines is 4. The van der Waals surface area contributed by atoms with E-state index in [0.717, 1.165) is 5.69 Å². The SMILES string of the molecule is Fc1ccccc1Nc1cnnc(Nc2ccccc2)n1. The van der Waals surface area contributed by atoms with E-state index in [2.05, 4.69) is 25.8 Å². The number of hydrogen-bond donors (Lipinski definition) is 2. The van der Waals surface area contributed by atoms with E-state index >= 15 is 0 Å². The molecule has 0 spiro atoms. The molecule has 104 valence electrons. The first kappa shape index (κ1) is 13.0. The van der Waals surface area contributed by atoms with E-state index < -0.39 is 0 Å². The summed E-state index contributed by atoms with van der Waals surface area (Å²) in [5.74, 6) is 0.393. The molecule has 3 aromatic rings. The van der Waals surface area contributed by atoms with Crippen LogP contribution in [0.1, 0.15) is 0 Å². The molecule has 1 heterocycles. The molecule has 0 atom stereocenters. The number of nitrogens with zero attached hydrogens (tertiary/aromatic N) is 3. The van der Waals surface area contributed by atoms with Gasteiger partial charge in [0.25, 0.3) is 0 Å². The summed E-state index contributed by atoms with van der Waals surface area (Å²) in [6.07, 6.45) is 1.43. The fraction of sp³-hybridized carbons (Fsp3) is 0. The van der Waals surface area contributed by atoms with Crippen molar-refractivity contribution in [3.8, 4) is 0 Å². The van der Waals surface area contributed by atoms with Crippen molar-refractivity contribution in [3.63, 3.8) is 0 Å². The van der Waals surface area contributed by atoms with E-state index in [1.807, 2.05) is 30.3 Å². The second-order valence-corrected chi connectivity index (χ2v) is 4.26. The van der Waals surface area contributed by atoms with Gasteiger partial charge in [0, 0.05) is 5.69 Å². The van der Waals surface area contributed by atoms with Crippen molar-refractivity contribution in [3.05, 3.63) is 66.6 Å². The summed E-state index contributed by atoms with van der Waals surface area (Å²) in [7, 11) is 0. The molecule has 1 aromatic heterocycles. The molecule has 2 aromatic carbocycles. The van der Waals surface area contributed by atoms with E-state index in [-0.39, 0.29) is 5.82 Å². The monoisotopic (exact) mass is 281 g/mol. The Morgan fingerprint density at radius 2 is 1.62 bits per heavy atom. The molecule has 5 nitrogen and oxygen atoms in total. The second kappa shape index (κ2) is 5.96. The molecule has 0 bridgehead atoms. The zero-order valence-electron chi connectivity index (χ0n) is 11.0. The summed E-state index contributed by atoms with van der Waals surface area (Å²) in [6, 6.07) is 15.9. The maximum Gasteiger partial charge on any atom is 0.249 e. The lowest BCUT2D eigenvalue weighted by Gasteiger charge is -2.08. The lowest BCUT2D eigenvalue weighted by atomic mass is 10.3. The normalized spacial score (nSPS) is 10.1. The van der Waals surface area contributed by atoms with Crippen LogP contribution in [0.15, 0.2) is 60.8 Å². The molecule has 0 amide bonds. The van der Waals surface area contributed by atoms with E-state index in [1.54, 1.807) is 18.2 Å². The highest BCUT2D eigenvalue weighted by Gasteiger charge is 2.04. The lowest BCUT2D eigenvalue weighted by molar-refractivity contribution is 0.632. The average molecular weight is 281 g/mol. The summed E-state index contributed by atoms with van der Waals surface area (Å²) >= 11 is 0. The molecule has 0 fully saturated rings. The molecule has 2 N–H and O–H groups in total. The maximum atomic E-state index is 13.6. The van der Waals surface area contributed by atoms with Gasteiger partial charge >= 0.3 is 0 Å². The number of nitrogens with one attached hydrogen (secondary N) is 2. The van der Waals surface area contributed by atoms with Gasteiger partial charge in [-0.25, -0.2) is 4.39 Å². The van der Waals surface area contributed by atoms with Crippen LogP contribution in [0, 0.1) is 5.82 Å². The minimum Gasteiger partial charge on any atom is -0.336 e. The summed E-state index contributed by atoms with van der Waals surface area (Å²) in [6.45, 7) is 0. The van der Waals surface area contributed by atoms with Crippen molar-refractivity contribution in [1.82, 2.24) is 15.2 Å². The van der Waals surface area contributed by atoms with Crippen molar-refractivity contribution in [2.24, 2.45) is 0 Å². The van der Waals surface area contributed by atoms with E-state index in [4.69, 9.17) is 0 Å². The first-order chi connectivity index (χ1) is 10.3. The fourth-order valence-electron chi connectivity index (χ4n) is 1.77. The molecule has 21 heavy (non-hydrogen) atoms. The smallest absolute Gasteiger partial charge is 0.249 e. The van der Waals surface area contributed by atoms with Crippen LogP contribution in [-0.4, -0.2) is 15.2 Å². The first-order valence-corrected chi connectivity index (χ1v) is 6.34. The Kier molecular flexibility index (Phi) is 3.68. The van der Waals surface area contributed by atoms with Crippen LogP contribution in [0.2, 0.25) is 0 Å². The Hall–Kier alpha value is -3.02. The largest absolute Gasteiger partial charge is 0.336 e. The van der Waals surface area contributed by atoms with Crippen LogP contribution < -0.4 is 10.6 Å². The summed E-state index contributed by atoms with van der Waals surface area (Å²) in [5.41, 5.74) is 1.19. The number of benzene rings is 2. The summed E-state index contributed by atoms with van der Waals surface area (Å²) in [4.78, 5) is 4.24. The number of aromatic nitrogens is 3. The molecular weight excluding hydrogens is 269 g/mol. The van der Waals surface area contributed by atoms with Gasteiger partial charge in [-0.15, -0.1) is 5.10 Å². The average Bonchev–Trinajstić information content (AvgIpc) is 2.51. The van der Waals surface area contributed by atoms with Crippen molar-refractivity contribution in [2.45, 2.75) is 0 Å². The summed E-state index contributed by atoms with van der Waals surface area (Å²) < 4.78 is 13.6. The molecule has 0 aliphatic heterocycles. The van der Waals surface area contributed by atoms with E-state index in [9.17, 15) is 4.39 Å². The Morgan fingerprint density at radius 3 is 2.43 bits per heavy atom. The summed E-state index contributed by atoms with van der Waals surface area (Å²) in [5, 5.41) is 13.6. The van der Waals surface area contributed by atoms with Gasteiger partial charge in [-0.05, 0) is 24.3 Å². The number of para-hydroxylation sites is 2. The van der Waals surface area contributed by atoms with Gasteiger partial charge < -0.3 is 10.6 Å². The van der Waals surface area contributed by atoms with Crippen molar-refractivity contribution < 1.29 is 4.39 Å². The predicted molar refractivity (Wildman–Crippen MR) is 79.2 cm³/mol. The number of hydrogen-bond acceptors (Lipinski definition) is 5. The van der Waals surface area contributed by atoms with Crippen LogP contribution >= 0.6 is 0 Å². The topological polar surface area (TPSA) is 62.7 Å². The minimum atomic E-state index is -0.353. The highest BCUT2D eigenvalue weighted by Crippen LogP contribution is 2.18. The van der Waals surface area contributed by atoms with Crippen LogP contribution in [0.3, 0.4) is 0 Å². The Labute approximate surface area is 120 Å². The molecule has 0 saturated heterocycles. The maximum absolute atomic E-state index is 13.6. The zero-order chi connectivity index (χ0) is 14.5. The predicted octanol–water partition coefficient (Wildman–Crippen LogP) is 3.50. The lowest BCUT2D eigenvalue weighted by Crippen LogP contribution is -2.03. The van der Waals surface area contributed by atoms with Crippen LogP contribution in [0.5, 0.6) is 0 Å². The van der Waals surface area contributed by atoms with Crippen molar-refractivity contribution in [1.29, 1.82) is 0 Å². The fourth-order valence-corrected chi connectivity index (χ4v) is 1.77. The third-order valence-corrected chi connectivity index (χ3v) is 2.73. The first-order valence-electron chi connectivity index (χ1n) is 6.34. The van der Waals surface area contributed by atoms with E-state index in [0.29, 0.717) is 17.5 Å². The van der Waals surface area contributed by atoms with Gasteiger partial charge in [0.2, 0.25) is 5.95 Å². The second-order valence-electron chi connectivity index (χ2n) is 4.26. The van der Waals surface area contributed by atoms with Gasteiger partial charge in [-0.1, -0.05) is 30.3 Å². The van der Waals surface area contributed by atoms with Gasteiger partial charge in [-0.3, -0.25) is 0 Å². The molecule has 6 heteroatoms. The van der Waals surface area contributed by atoms with Gasteiger partial charge in [0.1, 0.15) is 5.82 Å². The van der Waals surface area contributed by atoms with E-state index in [1.165, 1.54) is 12.3 Å².